The molecule has 1 N–H and O–H groups in total. The second-order valence-corrected chi connectivity index (χ2v) is 6.77. The predicted octanol–water partition coefficient (Wildman–Crippen LogP) is 2.03. The third-order valence-electron chi connectivity index (χ3n) is 3.67. The largest absolute Gasteiger partial charge is 0.379 e. The molecule has 7 nitrogen and oxygen atoms in total. The molecule has 130 valence electrons. The molecule has 3 rings (SSSR count). The Hall–Kier alpha value is -2.74. The number of nitrogens with one attached hydrogen (secondary N) is 1. The second-order valence-electron chi connectivity index (χ2n) is 5.73. The van der Waals surface area contributed by atoms with Crippen molar-refractivity contribution in [2.45, 2.75) is 19.9 Å². The van der Waals surface area contributed by atoms with E-state index in [4.69, 9.17) is 0 Å². The number of aromatic nitrogens is 3. The summed E-state index contributed by atoms with van der Waals surface area (Å²) < 4.78 is 1.33. The Kier molecular flexibility index (Phi) is 4.80. The van der Waals surface area contributed by atoms with Gasteiger partial charge in [-0.3, -0.25) is 9.59 Å². The lowest BCUT2D eigenvalue weighted by atomic mass is 10.1. The van der Waals surface area contributed by atoms with Crippen LogP contribution in [0.1, 0.15) is 28.0 Å². The lowest BCUT2D eigenvalue weighted by Gasteiger charge is -2.15. The van der Waals surface area contributed by atoms with Gasteiger partial charge in [-0.05, 0) is 18.6 Å². The molecule has 0 aliphatic carbocycles. The first-order valence-electron chi connectivity index (χ1n) is 7.93. The average molecular weight is 357 g/mol. The minimum absolute atomic E-state index is 0.0818. The van der Waals surface area contributed by atoms with Crippen LogP contribution in [0.4, 0.5) is 5.69 Å². The zero-order valence-electron chi connectivity index (χ0n) is 14.3. The van der Waals surface area contributed by atoms with Gasteiger partial charge in [-0.2, -0.15) is 9.61 Å². The van der Waals surface area contributed by atoms with E-state index in [1.165, 1.54) is 26.8 Å². The lowest BCUT2D eigenvalue weighted by molar-refractivity contribution is 0.0828. The highest BCUT2D eigenvalue weighted by molar-refractivity contribution is 7.16. The molecule has 0 spiro atoms. The van der Waals surface area contributed by atoms with E-state index in [0.717, 1.165) is 11.4 Å². The maximum Gasteiger partial charge on any atom is 0.275 e. The molecular weight excluding hydrogens is 338 g/mol. The van der Waals surface area contributed by atoms with E-state index in [-0.39, 0.29) is 11.5 Å². The number of aryl methyl sites for hydroxylation is 1. The van der Waals surface area contributed by atoms with Gasteiger partial charge in [-0.15, -0.1) is 0 Å². The molecular formula is C17H19N5O2S. The quantitative estimate of drug-likeness (QED) is 0.756. The fourth-order valence-electron chi connectivity index (χ4n) is 2.38. The summed E-state index contributed by atoms with van der Waals surface area (Å²) in [5.41, 5.74) is 1.71. The van der Waals surface area contributed by atoms with Crippen LogP contribution in [0.5, 0.6) is 0 Å². The SMILES string of the molecule is CCc1nn2c(=O)cc(CNc3ccccc3C(=O)N(C)C)nc2s1. The van der Waals surface area contributed by atoms with Gasteiger partial charge < -0.3 is 10.2 Å². The average Bonchev–Trinajstić information content (AvgIpc) is 3.03. The monoisotopic (exact) mass is 357 g/mol. The van der Waals surface area contributed by atoms with Crippen LogP contribution in [0.25, 0.3) is 4.96 Å². The lowest BCUT2D eigenvalue weighted by Crippen LogP contribution is -2.23. The second kappa shape index (κ2) is 7.02. The summed E-state index contributed by atoms with van der Waals surface area (Å²) >= 11 is 1.41. The van der Waals surface area contributed by atoms with Crippen molar-refractivity contribution >= 4 is 27.9 Å². The molecule has 0 unspecified atom stereocenters. The first-order chi connectivity index (χ1) is 12.0. The Labute approximate surface area is 148 Å². The molecule has 1 aromatic carbocycles. The van der Waals surface area contributed by atoms with Crippen LogP contribution in [-0.2, 0) is 13.0 Å². The molecule has 0 aliphatic heterocycles. The van der Waals surface area contributed by atoms with Crippen molar-refractivity contribution in [3.63, 3.8) is 0 Å². The molecule has 0 saturated heterocycles. The Morgan fingerprint density at radius 1 is 1.32 bits per heavy atom. The smallest absolute Gasteiger partial charge is 0.275 e. The number of amides is 1. The normalized spacial score (nSPS) is 10.8. The molecule has 8 heteroatoms. The summed E-state index contributed by atoms with van der Waals surface area (Å²) in [5, 5.41) is 8.31. The van der Waals surface area contributed by atoms with Gasteiger partial charge in [-0.25, -0.2) is 4.98 Å². The highest BCUT2D eigenvalue weighted by Crippen LogP contribution is 2.18. The van der Waals surface area contributed by atoms with Crippen LogP contribution in [0.3, 0.4) is 0 Å². The molecule has 1 amide bonds. The fraction of sp³-hybridized carbons (Fsp3) is 0.294. The number of nitrogens with zero attached hydrogens (tertiary/aromatic N) is 4. The van der Waals surface area contributed by atoms with Crippen LogP contribution in [0, 0.1) is 0 Å². The molecule has 0 saturated carbocycles. The van der Waals surface area contributed by atoms with Gasteiger partial charge in [0.25, 0.3) is 11.5 Å². The van der Waals surface area contributed by atoms with Crippen LogP contribution >= 0.6 is 11.3 Å². The van der Waals surface area contributed by atoms with Crippen molar-refractivity contribution in [2.75, 3.05) is 19.4 Å². The van der Waals surface area contributed by atoms with E-state index in [0.29, 0.717) is 28.5 Å². The summed E-state index contributed by atoms with van der Waals surface area (Å²) in [4.78, 5) is 31.0. The third kappa shape index (κ3) is 3.53. The molecule has 3 aromatic rings. The minimum atomic E-state index is -0.199. The van der Waals surface area contributed by atoms with Crippen LogP contribution in [0.2, 0.25) is 0 Å². The van der Waals surface area contributed by atoms with Gasteiger partial charge in [0.15, 0.2) is 0 Å². The molecule has 0 fully saturated rings. The zero-order valence-corrected chi connectivity index (χ0v) is 15.1. The van der Waals surface area contributed by atoms with Gasteiger partial charge in [0.2, 0.25) is 4.96 Å². The predicted molar refractivity (Wildman–Crippen MR) is 98.3 cm³/mol. The van der Waals surface area contributed by atoms with E-state index < -0.39 is 0 Å². The first kappa shape index (κ1) is 17.1. The minimum Gasteiger partial charge on any atom is -0.379 e. The zero-order chi connectivity index (χ0) is 18.0. The van der Waals surface area contributed by atoms with Crippen molar-refractivity contribution in [1.82, 2.24) is 19.5 Å². The summed E-state index contributed by atoms with van der Waals surface area (Å²) in [7, 11) is 3.43. The van der Waals surface area contributed by atoms with Crippen molar-refractivity contribution < 1.29 is 4.79 Å². The van der Waals surface area contributed by atoms with Crippen LogP contribution in [-0.4, -0.2) is 39.5 Å². The number of anilines is 1. The van der Waals surface area contributed by atoms with Crippen molar-refractivity contribution in [3.8, 4) is 0 Å². The Morgan fingerprint density at radius 3 is 2.80 bits per heavy atom. The molecule has 0 atom stereocenters. The third-order valence-corrected chi connectivity index (χ3v) is 4.72. The van der Waals surface area contributed by atoms with Gasteiger partial charge >= 0.3 is 0 Å². The van der Waals surface area contributed by atoms with E-state index in [2.05, 4.69) is 15.4 Å². The molecule has 25 heavy (non-hydrogen) atoms. The maximum atomic E-state index is 12.3. The Bertz CT molecular complexity index is 977. The molecule has 2 heterocycles. The summed E-state index contributed by atoms with van der Waals surface area (Å²) in [6, 6.07) is 8.76. The number of carbonyl (C=O) groups excluding carboxylic acids is 1. The standard InChI is InChI=1S/C17H19N5O2S/c1-4-14-20-22-15(23)9-11(19-17(22)25-14)10-18-13-8-6-5-7-12(13)16(24)21(2)3/h5-9,18H,4,10H2,1-3H3. The Balaban J connectivity index is 1.86. The van der Waals surface area contributed by atoms with Gasteiger partial charge in [-0.1, -0.05) is 30.4 Å². The topological polar surface area (TPSA) is 79.6 Å². The number of fused-ring (bicyclic) bond motifs is 1. The van der Waals surface area contributed by atoms with Crippen molar-refractivity contribution in [2.24, 2.45) is 0 Å². The summed E-state index contributed by atoms with van der Waals surface area (Å²) in [5.74, 6) is -0.0818. The molecule has 0 radical (unpaired) electrons. The van der Waals surface area contributed by atoms with Crippen LogP contribution < -0.4 is 10.9 Å². The van der Waals surface area contributed by atoms with E-state index in [1.54, 1.807) is 20.2 Å². The maximum absolute atomic E-state index is 12.3. The number of benzene rings is 1. The van der Waals surface area contributed by atoms with Gasteiger partial charge in [0, 0.05) is 25.8 Å². The molecule has 0 aliphatic rings. The summed E-state index contributed by atoms with van der Waals surface area (Å²) in [6.45, 7) is 2.34. The van der Waals surface area contributed by atoms with E-state index in [9.17, 15) is 9.59 Å². The Morgan fingerprint density at radius 2 is 2.08 bits per heavy atom. The van der Waals surface area contributed by atoms with Crippen molar-refractivity contribution in [1.29, 1.82) is 0 Å². The van der Waals surface area contributed by atoms with Gasteiger partial charge in [0.1, 0.15) is 5.01 Å². The van der Waals surface area contributed by atoms with E-state index in [1.807, 2.05) is 25.1 Å². The van der Waals surface area contributed by atoms with Crippen molar-refractivity contribution in [3.05, 3.63) is 57.0 Å². The number of carbonyl (C=O) groups is 1. The van der Waals surface area contributed by atoms with E-state index >= 15 is 0 Å². The number of hydrogen-bond acceptors (Lipinski definition) is 6. The molecule has 2 aromatic heterocycles. The molecule has 0 bridgehead atoms. The van der Waals surface area contributed by atoms with Crippen LogP contribution in [0.15, 0.2) is 35.1 Å². The number of hydrogen-bond donors (Lipinski definition) is 1. The number of rotatable bonds is 5. The van der Waals surface area contributed by atoms with Gasteiger partial charge in [0.05, 0.1) is 17.8 Å². The summed E-state index contributed by atoms with van der Waals surface area (Å²) in [6.07, 6.45) is 0.765. The highest BCUT2D eigenvalue weighted by Gasteiger charge is 2.13. The fourth-order valence-corrected chi connectivity index (χ4v) is 3.24. The highest BCUT2D eigenvalue weighted by atomic mass is 32.1. The first-order valence-corrected chi connectivity index (χ1v) is 8.74. The number of para-hydroxylation sites is 1.